The molecule has 232 valence electrons. The molecule has 0 atom stereocenters. The molecule has 0 saturated heterocycles. The quantitative estimate of drug-likeness (QED) is 0.180. The minimum atomic E-state index is 0.921. The summed E-state index contributed by atoms with van der Waals surface area (Å²) in [6.07, 6.45) is 5.55. The lowest BCUT2D eigenvalue weighted by Crippen LogP contribution is -1.90. The van der Waals surface area contributed by atoms with Crippen LogP contribution in [0.2, 0.25) is 0 Å². The molecule has 0 amide bonds. The van der Waals surface area contributed by atoms with Crippen LogP contribution in [-0.4, -0.2) is 24.9 Å². The van der Waals surface area contributed by atoms with E-state index in [1.54, 1.807) is 0 Å². The number of rotatable bonds is 4. The first-order valence-corrected chi connectivity index (χ1v) is 16.6. The molecule has 0 fully saturated rings. The molecule has 0 spiro atoms. The van der Waals surface area contributed by atoms with E-state index in [-0.39, 0.29) is 0 Å². The van der Waals surface area contributed by atoms with E-state index in [2.05, 4.69) is 149 Å². The van der Waals surface area contributed by atoms with Gasteiger partial charge in [-0.15, -0.1) is 0 Å². The number of fused-ring (bicyclic) bond motifs is 6. The van der Waals surface area contributed by atoms with Crippen LogP contribution >= 0.6 is 0 Å². The summed E-state index contributed by atoms with van der Waals surface area (Å²) in [6.45, 7) is 0. The molecule has 5 nitrogen and oxygen atoms in total. The predicted octanol–water partition coefficient (Wildman–Crippen LogP) is 11.1. The molecule has 0 saturated carbocycles. The van der Waals surface area contributed by atoms with Crippen molar-refractivity contribution in [2.75, 3.05) is 0 Å². The van der Waals surface area contributed by atoms with E-state index in [4.69, 9.17) is 15.0 Å². The van der Waals surface area contributed by atoms with Crippen LogP contribution in [-0.2, 0) is 0 Å². The highest BCUT2D eigenvalue weighted by Gasteiger charge is 2.10. The van der Waals surface area contributed by atoms with Crippen molar-refractivity contribution >= 4 is 54.4 Å². The van der Waals surface area contributed by atoms with Crippen LogP contribution in [0.5, 0.6) is 0 Å². The second-order valence-electron chi connectivity index (χ2n) is 12.6. The molecule has 5 heteroatoms. The van der Waals surface area contributed by atoms with Crippen LogP contribution in [0.15, 0.2) is 164 Å². The van der Waals surface area contributed by atoms with Gasteiger partial charge in [-0.1, -0.05) is 91.0 Å². The van der Waals surface area contributed by atoms with E-state index in [9.17, 15) is 0 Å². The number of pyridine rings is 5. The Hall–Kier alpha value is -6.85. The second-order valence-corrected chi connectivity index (χ2v) is 12.6. The van der Waals surface area contributed by atoms with Gasteiger partial charge in [0.1, 0.15) is 0 Å². The molecule has 5 aromatic carbocycles. The zero-order valence-corrected chi connectivity index (χ0v) is 26.8. The van der Waals surface area contributed by atoms with Gasteiger partial charge in [0, 0.05) is 62.2 Å². The minimum absolute atomic E-state index is 0.921. The van der Waals surface area contributed by atoms with Gasteiger partial charge in [0.25, 0.3) is 0 Å². The summed E-state index contributed by atoms with van der Waals surface area (Å²) in [5, 5.41) is 6.65. The fourth-order valence-electron chi connectivity index (χ4n) is 6.96. The second kappa shape index (κ2) is 11.4. The van der Waals surface area contributed by atoms with Crippen molar-refractivity contribution in [2.24, 2.45) is 0 Å². The molecule has 0 N–H and O–H groups in total. The van der Waals surface area contributed by atoms with Gasteiger partial charge in [-0.05, 0) is 71.1 Å². The lowest BCUT2D eigenvalue weighted by atomic mass is 9.99. The van der Waals surface area contributed by atoms with Crippen molar-refractivity contribution in [3.63, 3.8) is 0 Å². The van der Waals surface area contributed by atoms with Gasteiger partial charge >= 0.3 is 0 Å². The fraction of sp³-hybridized carbons (Fsp3) is 0. The maximum Gasteiger partial charge on any atom is 0.0972 e. The SMILES string of the molecule is c1cc(-c2ccc3cc(-c4ccc5nc(-c6ccc(-c7ccc8ccc9cccnc9c8n7)cc6)ccc5c4)ccc3n2)c2ccncc2c1. The van der Waals surface area contributed by atoms with Gasteiger partial charge in [0.2, 0.25) is 0 Å². The molecular formula is C45H27N5. The van der Waals surface area contributed by atoms with E-state index in [0.717, 1.165) is 99.3 Å². The largest absolute Gasteiger partial charge is 0.264 e. The third kappa shape index (κ3) is 4.83. The molecule has 5 aromatic heterocycles. The zero-order chi connectivity index (χ0) is 33.0. The Morgan fingerprint density at radius 3 is 1.68 bits per heavy atom. The van der Waals surface area contributed by atoms with Gasteiger partial charge in [-0.3, -0.25) is 9.97 Å². The van der Waals surface area contributed by atoms with Crippen molar-refractivity contribution in [1.29, 1.82) is 0 Å². The van der Waals surface area contributed by atoms with Crippen molar-refractivity contribution in [1.82, 2.24) is 24.9 Å². The van der Waals surface area contributed by atoms with Crippen LogP contribution in [0.25, 0.3) is 99.3 Å². The molecule has 0 aliphatic rings. The Kier molecular flexibility index (Phi) is 6.42. The van der Waals surface area contributed by atoms with Crippen LogP contribution < -0.4 is 0 Å². The first-order chi connectivity index (χ1) is 24.7. The Morgan fingerprint density at radius 1 is 0.360 bits per heavy atom. The maximum atomic E-state index is 5.03. The summed E-state index contributed by atoms with van der Waals surface area (Å²) in [6, 6.07) is 50.7. The lowest BCUT2D eigenvalue weighted by Gasteiger charge is -2.10. The molecule has 0 aliphatic heterocycles. The Morgan fingerprint density at radius 2 is 0.940 bits per heavy atom. The van der Waals surface area contributed by atoms with Gasteiger partial charge in [0.15, 0.2) is 0 Å². The Bertz CT molecular complexity index is 2930. The van der Waals surface area contributed by atoms with Crippen LogP contribution in [0.1, 0.15) is 0 Å². The summed E-state index contributed by atoms with van der Waals surface area (Å²) in [7, 11) is 0. The monoisotopic (exact) mass is 637 g/mol. The number of hydrogen-bond donors (Lipinski definition) is 0. The highest BCUT2D eigenvalue weighted by Crippen LogP contribution is 2.32. The van der Waals surface area contributed by atoms with Crippen LogP contribution in [0.3, 0.4) is 0 Å². The third-order valence-electron chi connectivity index (χ3n) is 9.58. The zero-order valence-electron chi connectivity index (χ0n) is 26.8. The minimum Gasteiger partial charge on any atom is -0.264 e. The van der Waals surface area contributed by atoms with E-state index in [1.165, 1.54) is 0 Å². The summed E-state index contributed by atoms with van der Waals surface area (Å²) in [4.78, 5) is 23.9. The van der Waals surface area contributed by atoms with Crippen molar-refractivity contribution < 1.29 is 0 Å². The first-order valence-electron chi connectivity index (χ1n) is 16.6. The van der Waals surface area contributed by atoms with Gasteiger partial charge in [-0.25, -0.2) is 15.0 Å². The number of nitrogens with zero attached hydrogens (tertiary/aromatic N) is 5. The molecule has 50 heavy (non-hydrogen) atoms. The van der Waals surface area contributed by atoms with E-state index < -0.39 is 0 Å². The molecule has 0 radical (unpaired) electrons. The Labute approximate surface area is 287 Å². The van der Waals surface area contributed by atoms with E-state index >= 15 is 0 Å². The predicted molar refractivity (Wildman–Crippen MR) is 205 cm³/mol. The molecule has 0 bridgehead atoms. The smallest absolute Gasteiger partial charge is 0.0972 e. The third-order valence-corrected chi connectivity index (χ3v) is 9.58. The average molecular weight is 638 g/mol. The fourth-order valence-corrected chi connectivity index (χ4v) is 6.96. The standard InChI is InChI=1S/C45H27N5/c1-3-36-27-46-24-22-37(36)38(5-1)43-21-16-35-26-33(14-19-42(35)49-43)32-13-18-41-34(25-32)15-20-39(48-41)28-6-8-29(9-7-28)40-17-12-31-11-10-30-4-2-23-47-44(30)45(31)50-40/h1-27H. The summed E-state index contributed by atoms with van der Waals surface area (Å²) >= 11 is 0. The first kappa shape index (κ1) is 28.2. The maximum absolute atomic E-state index is 5.03. The summed E-state index contributed by atoms with van der Waals surface area (Å²) in [5.41, 5.74) is 12.1. The molecule has 10 aromatic rings. The highest BCUT2D eigenvalue weighted by atomic mass is 14.8. The lowest BCUT2D eigenvalue weighted by molar-refractivity contribution is 1.36. The highest BCUT2D eigenvalue weighted by molar-refractivity contribution is 6.03. The van der Waals surface area contributed by atoms with E-state index in [1.807, 2.05) is 24.7 Å². The topological polar surface area (TPSA) is 64.5 Å². The van der Waals surface area contributed by atoms with Crippen LogP contribution in [0, 0.1) is 0 Å². The molecule has 0 unspecified atom stereocenters. The Balaban J connectivity index is 0.926. The van der Waals surface area contributed by atoms with Crippen molar-refractivity contribution in [2.45, 2.75) is 0 Å². The molecule has 10 rings (SSSR count). The van der Waals surface area contributed by atoms with E-state index in [0.29, 0.717) is 0 Å². The number of benzene rings is 5. The number of hydrogen-bond acceptors (Lipinski definition) is 5. The average Bonchev–Trinajstić information content (AvgIpc) is 3.19. The normalized spacial score (nSPS) is 11.6. The van der Waals surface area contributed by atoms with Crippen LogP contribution in [0.4, 0.5) is 0 Å². The van der Waals surface area contributed by atoms with Crippen molar-refractivity contribution in [3.05, 3.63) is 164 Å². The number of aromatic nitrogens is 5. The summed E-state index contributed by atoms with van der Waals surface area (Å²) < 4.78 is 0. The molecule has 5 heterocycles. The van der Waals surface area contributed by atoms with Gasteiger partial charge < -0.3 is 0 Å². The van der Waals surface area contributed by atoms with Gasteiger partial charge in [0.05, 0.1) is 39.1 Å². The van der Waals surface area contributed by atoms with Gasteiger partial charge in [-0.2, -0.15) is 0 Å². The summed E-state index contributed by atoms with van der Waals surface area (Å²) in [5.74, 6) is 0. The molecular weight excluding hydrogens is 611 g/mol. The van der Waals surface area contributed by atoms with Crippen molar-refractivity contribution in [3.8, 4) is 44.9 Å². The molecule has 0 aliphatic carbocycles.